The zero-order valence-corrected chi connectivity index (χ0v) is 12.9. The molecule has 7 heteroatoms. The monoisotopic (exact) mass is 337 g/mol. The van der Waals surface area contributed by atoms with E-state index in [1.54, 1.807) is 0 Å². The Balaban J connectivity index is 2.09. The lowest BCUT2D eigenvalue weighted by Gasteiger charge is -2.10. The van der Waals surface area contributed by atoms with Gasteiger partial charge in [0.2, 0.25) is 11.9 Å². The standard InChI is InChI=1S/C13H16BrN5O/c1-8(2)20-13-18-11(15)17-12(19-13)16-7-9-5-3-4-6-10(9)14/h3-6,8H,7H2,1-2H3,(H3,15,16,17,18,19). The highest BCUT2D eigenvalue weighted by Gasteiger charge is 2.07. The molecule has 1 aromatic carbocycles. The van der Waals surface area contributed by atoms with Gasteiger partial charge in [-0.2, -0.15) is 15.0 Å². The summed E-state index contributed by atoms with van der Waals surface area (Å²) in [4.78, 5) is 12.1. The fourth-order valence-corrected chi connectivity index (χ4v) is 1.96. The van der Waals surface area contributed by atoms with Gasteiger partial charge in [0.15, 0.2) is 0 Å². The van der Waals surface area contributed by atoms with Crippen LogP contribution in [-0.4, -0.2) is 21.1 Å². The van der Waals surface area contributed by atoms with Gasteiger partial charge in [-0.05, 0) is 25.5 Å². The summed E-state index contributed by atoms with van der Waals surface area (Å²) in [7, 11) is 0. The molecule has 0 saturated heterocycles. The number of nitrogens with one attached hydrogen (secondary N) is 1. The van der Waals surface area contributed by atoms with Crippen LogP contribution in [0.2, 0.25) is 0 Å². The van der Waals surface area contributed by atoms with Gasteiger partial charge >= 0.3 is 6.01 Å². The van der Waals surface area contributed by atoms with Crippen molar-refractivity contribution < 1.29 is 4.74 Å². The molecule has 0 bridgehead atoms. The van der Waals surface area contributed by atoms with Gasteiger partial charge < -0.3 is 15.8 Å². The van der Waals surface area contributed by atoms with Crippen molar-refractivity contribution in [1.29, 1.82) is 0 Å². The number of aromatic nitrogens is 3. The molecule has 6 nitrogen and oxygen atoms in total. The van der Waals surface area contributed by atoms with Crippen molar-refractivity contribution in [2.75, 3.05) is 11.1 Å². The number of anilines is 2. The first kappa shape index (κ1) is 14.5. The van der Waals surface area contributed by atoms with Gasteiger partial charge in [0, 0.05) is 11.0 Å². The minimum absolute atomic E-state index is 0.0204. The third-order valence-electron chi connectivity index (χ3n) is 2.37. The molecule has 1 aromatic heterocycles. The molecule has 2 aromatic rings. The van der Waals surface area contributed by atoms with Gasteiger partial charge in [-0.1, -0.05) is 34.1 Å². The number of rotatable bonds is 5. The third kappa shape index (κ3) is 4.06. The molecule has 0 unspecified atom stereocenters. The van der Waals surface area contributed by atoms with E-state index in [4.69, 9.17) is 10.5 Å². The van der Waals surface area contributed by atoms with Crippen molar-refractivity contribution in [3.8, 4) is 6.01 Å². The van der Waals surface area contributed by atoms with E-state index in [2.05, 4.69) is 36.2 Å². The van der Waals surface area contributed by atoms with Crippen LogP contribution >= 0.6 is 15.9 Å². The molecule has 0 aliphatic carbocycles. The highest BCUT2D eigenvalue weighted by atomic mass is 79.9. The highest BCUT2D eigenvalue weighted by molar-refractivity contribution is 9.10. The quantitative estimate of drug-likeness (QED) is 0.872. The fraction of sp³-hybridized carbons (Fsp3) is 0.308. The number of benzene rings is 1. The topological polar surface area (TPSA) is 86.0 Å². The molecule has 0 aliphatic heterocycles. The molecule has 0 amide bonds. The van der Waals surface area contributed by atoms with E-state index in [-0.39, 0.29) is 18.1 Å². The van der Waals surface area contributed by atoms with Crippen LogP contribution in [0.15, 0.2) is 28.7 Å². The van der Waals surface area contributed by atoms with Crippen molar-refractivity contribution in [1.82, 2.24) is 15.0 Å². The lowest BCUT2D eigenvalue weighted by molar-refractivity contribution is 0.222. The van der Waals surface area contributed by atoms with Gasteiger partial charge in [-0.15, -0.1) is 0 Å². The number of hydrogen-bond donors (Lipinski definition) is 2. The number of hydrogen-bond acceptors (Lipinski definition) is 6. The molecule has 0 aliphatic rings. The van der Waals surface area contributed by atoms with Gasteiger partial charge in [-0.25, -0.2) is 0 Å². The Hall–Kier alpha value is -1.89. The van der Waals surface area contributed by atoms with Crippen LogP contribution < -0.4 is 15.8 Å². The Kier molecular flexibility index (Phi) is 4.73. The second-order valence-corrected chi connectivity index (χ2v) is 5.27. The van der Waals surface area contributed by atoms with Crippen LogP contribution in [0.5, 0.6) is 6.01 Å². The van der Waals surface area contributed by atoms with Crippen molar-refractivity contribution in [2.45, 2.75) is 26.5 Å². The van der Waals surface area contributed by atoms with E-state index in [1.165, 1.54) is 0 Å². The van der Waals surface area contributed by atoms with Crippen molar-refractivity contribution >= 4 is 27.8 Å². The van der Waals surface area contributed by atoms with Crippen LogP contribution in [-0.2, 0) is 6.54 Å². The van der Waals surface area contributed by atoms with Gasteiger partial charge in [0.05, 0.1) is 6.10 Å². The van der Waals surface area contributed by atoms with E-state index in [9.17, 15) is 0 Å². The second kappa shape index (κ2) is 6.51. The maximum atomic E-state index is 5.64. The largest absolute Gasteiger partial charge is 0.461 e. The van der Waals surface area contributed by atoms with E-state index in [1.807, 2.05) is 38.1 Å². The van der Waals surface area contributed by atoms with E-state index < -0.39 is 0 Å². The summed E-state index contributed by atoms with van der Waals surface area (Å²) in [5, 5.41) is 3.10. The van der Waals surface area contributed by atoms with E-state index in [0.717, 1.165) is 10.0 Å². The first-order chi connectivity index (χ1) is 9.54. The Morgan fingerprint density at radius 2 is 2.00 bits per heavy atom. The predicted octanol–water partition coefficient (Wildman–Crippen LogP) is 2.62. The van der Waals surface area contributed by atoms with Gasteiger partial charge in [0.25, 0.3) is 0 Å². The minimum Gasteiger partial charge on any atom is -0.461 e. The van der Waals surface area contributed by atoms with Crippen LogP contribution in [0.4, 0.5) is 11.9 Å². The van der Waals surface area contributed by atoms with Crippen LogP contribution in [0, 0.1) is 0 Å². The first-order valence-electron chi connectivity index (χ1n) is 6.20. The average molecular weight is 338 g/mol. The summed E-state index contributed by atoms with van der Waals surface area (Å²) < 4.78 is 6.44. The van der Waals surface area contributed by atoms with E-state index in [0.29, 0.717) is 12.5 Å². The summed E-state index contributed by atoms with van der Waals surface area (Å²) >= 11 is 3.49. The second-order valence-electron chi connectivity index (χ2n) is 4.41. The SMILES string of the molecule is CC(C)Oc1nc(N)nc(NCc2ccccc2Br)n1. The molecule has 20 heavy (non-hydrogen) atoms. The molecule has 2 rings (SSSR count). The molecular weight excluding hydrogens is 322 g/mol. The van der Waals surface area contributed by atoms with Crippen LogP contribution in [0.1, 0.15) is 19.4 Å². The Morgan fingerprint density at radius 1 is 1.25 bits per heavy atom. The van der Waals surface area contributed by atoms with Crippen molar-refractivity contribution in [3.05, 3.63) is 34.3 Å². The number of nitrogens with two attached hydrogens (primary N) is 1. The number of ether oxygens (including phenoxy) is 1. The molecular formula is C13H16BrN5O. The van der Waals surface area contributed by atoms with Crippen LogP contribution in [0.25, 0.3) is 0 Å². The van der Waals surface area contributed by atoms with Gasteiger partial charge in [0.1, 0.15) is 0 Å². The number of nitrogens with zero attached hydrogens (tertiary/aromatic N) is 3. The zero-order valence-electron chi connectivity index (χ0n) is 11.3. The normalized spacial score (nSPS) is 10.6. The molecule has 0 fully saturated rings. The maximum absolute atomic E-state index is 5.64. The lowest BCUT2D eigenvalue weighted by Crippen LogP contribution is -2.13. The van der Waals surface area contributed by atoms with E-state index >= 15 is 0 Å². The Morgan fingerprint density at radius 3 is 2.70 bits per heavy atom. The van der Waals surface area contributed by atoms with Crippen molar-refractivity contribution in [2.24, 2.45) is 0 Å². The third-order valence-corrected chi connectivity index (χ3v) is 3.14. The molecule has 0 radical (unpaired) electrons. The van der Waals surface area contributed by atoms with Crippen LogP contribution in [0.3, 0.4) is 0 Å². The summed E-state index contributed by atoms with van der Waals surface area (Å²) in [6.07, 6.45) is -0.0204. The smallest absolute Gasteiger partial charge is 0.323 e. The van der Waals surface area contributed by atoms with Crippen molar-refractivity contribution in [3.63, 3.8) is 0 Å². The molecule has 106 valence electrons. The number of nitrogen functional groups attached to an aromatic ring is 1. The minimum atomic E-state index is -0.0204. The maximum Gasteiger partial charge on any atom is 0.323 e. The average Bonchev–Trinajstić information content (AvgIpc) is 2.36. The summed E-state index contributed by atoms with van der Waals surface area (Å²) in [6.45, 7) is 4.37. The first-order valence-corrected chi connectivity index (χ1v) is 6.99. The lowest BCUT2D eigenvalue weighted by atomic mass is 10.2. The summed E-state index contributed by atoms with van der Waals surface area (Å²) in [5.74, 6) is 0.522. The molecule has 0 saturated carbocycles. The molecule has 1 heterocycles. The highest BCUT2D eigenvalue weighted by Crippen LogP contribution is 2.17. The molecule has 3 N–H and O–H groups in total. The Labute approximate surface area is 125 Å². The number of halogens is 1. The fourth-order valence-electron chi connectivity index (χ4n) is 1.53. The summed E-state index contributed by atoms with van der Waals surface area (Å²) in [6, 6.07) is 8.14. The molecule has 0 spiro atoms. The zero-order chi connectivity index (χ0) is 14.5. The Bertz CT molecular complexity index is 591. The van der Waals surface area contributed by atoms with Gasteiger partial charge in [-0.3, -0.25) is 0 Å². The predicted molar refractivity (Wildman–Crippen MR) is 81.5 cm³/mol. The summed E-state index contributed by atoms with van der Waals surface area (Å²) in [5.41, 5.74) is 6.74. The molecule has 0 atom stereocenters.